The van der Waals surface area contributed by atoms with Crippen LogP contribution in [0.25, 0.3) is 0 Å². The molecule has 0 aliphatic rings. The lowest BCUT2D eigenvalue weighted by Crippen LogP contribution is -2.39. The van der Waals surface area contributed by atoms with E-state index in [4.69, 9.17) is 0 Å². The zero-order valence-electron chi connectivity index (χ0n) is 14.8. The van der Waals surface area contributed by atoms with Gasteiger partial charge in [0.2, 0.25) is 15.9 Å². The topological polar surface area (TPSA) is 66.5 Å². The fourth-order valence-electron chi connectivity index (χ4n) is 2.34. The molecule has 0 radical (unpaired) electrons. The van der Waals surface area contributed by atoms with Gasteiger partial charge in [-0.15, -0.1) is 11.8 Å². The number of nitrogens with zero attached hydrogens (tertiary/aromatic N) is 1. The summed E-state index contributed by atoms with van der Waals surface area (Å²) in [4.78, 5) is 13.3. The molecule has 26 heavy (non-hydrogen) atoms. The molecular formula is C18H21FN2O3S2. The average molecular weight is 397 g/mol. The summed E-state index contributed by atoms with van der Waals surface area (Å²) >= 11 is 1.52. The van der Waals surface area contributed by atoms with Crippen LogP contribution in [0.15, 0.2) is 58.3 Å². The summed E-state index contributed by atoms with van der Waals surface area (Å²) in [6.45, 7) is 1.44. The molecule has 1 atom stereocenters. The fourth-order valence-corrected chi connectivity index (χ4v) is 3.87. The summed E-state index contributed by atoms with van der Waals surface area (Å²) in [5.74, 6) is -0.792. The van der Waals surface area contributed by atoms with Crippen LogP contribution in [0.2, 0.25) is 0 Å². The maximum Gasteiger partial charge on any atom is 0.243 e. The van der Waals surface area contributed by atoms with Gasteiger partial charge in [0.05, 0.1) is 17.5 Å². The van der Waals surface area contributed by atoms with Gasteiger partial charge in [-0.1, -0.05) is 12.1 Å². The molecular weight excluding hydrogens is 375 g/mol. The lowest BCUT2D eigenvalue weighted by atomic mass is 10.1. The van der Waals surface area contributed by atoms with E-state index in [9.17, 15) is 17.6 Å². The van der Waals surface area contributed by atoms with Crippen molar-refractivity contribution in [3.8, 4) is 0 Å². The maximum atomic E-state index is 13.0. The summed E-state index contributed by atoms with van der Waals surface area (Å²) in [6, 6.07) is 11.9. The van der Waals surface area contributed by atoms with E-state index >= 15 is 0 Å². The fraction of sp³-hybridized carbons (Fsp3) is 0.278. The molecule has 2 aromatic carbocycles. The van der Waals surface area contributed by atoms with Gasteiger partial charge >= 0.3 is 0 Å². The minimum atomic E-state index is -3.75. The van der Waals surface area contributed by atoms with E-state index in [1.54, 1.807) is 31.2 Å². The van der Waals surface area contributed by atoms with Crippen molar-refractivity contribution in [2.45, 2.75) is 22.8 Å². The van der Waals surface area contributed by atoms with Crippen LogP contribution in [0.3, 0.4) is 0 Å². The molecule has 0 heterocycles. The second-order valence-electron chi connectivity index (χ2n) is 5.78. The van der Waals surface area contributed by atoms with Crippen molar-refractivity contribution in [3.63, 3.8) is 0 Å². The van der Waals surface area contributed by atoms with Crippen LogP contribution in [0.1, 0.15) is 18.5 Å². The predicted molar refractivity (Wildman–Crippen MR) is 101 cm³/mol. The summed E-state index contributed by atoms with van der Waals surface area (Å²) in [5, 5.41) is 2.72. The van der Waals surface area contributed by atoms with E-state index in [2.05, 4.69) is 5.32 Å². The number of thioether (sulfide) groups is 1. The molecule has 0 unspecified atom stereocenters. The second kappa shape index (κ2) is 8.66. The zero-order chi connectivity index (χ0) is 19.3. The van der Waals surface area contributed by atoms with Crippen molar-refractivity contribution in [1.29, 1.82) is 0 Å². The highest BCUT2D eigenvalue weighted by atomic mass is 32.2. The molecule has 5 nitrogen and oxygen atoms in total. The molecule has 0 bridgehead atoms. The molecule has 0 saturated heterocycles. The highest BCUT2D eigenvalue weighted by molar-refractivity contribution is 7.98. The summed E-state index contributed by atoms with van der Waals surface area (Å²) in [6.07, 6.45) is 1.91. The third-order valence-corrected chi connectivity index (χ3v) is 6.44. The molecule has 0 saturated carbocycles. The first-order valence-electron chi connectivity index (χ1n) is 7.89. The van der Waals surface area contributed by atoms with E-state index in [0.717, 1.165) is 14.8 Å². The number of rotatable bonds is 7. The van der Waals surface area contributed by atoms with Gasteiger partial charge in [-0.05, 0) is 55.1 Å². The van der Waals surface area contributed by atoms with Crippen LogP contribution in [-0.4, -0.2) is 38.5 Å². The second-order valence-corrected chi connectivity index (χ2v) is 8.70. The molecule has 0 aromatic heterocycles. The summed E-state index contributed by atoms with van der Waals surface area (Å²) < 4.78 is 39.1. The van der Waals surface area contributed by atoms with Crippen LogP contribution < -0.4 is 5.32 Å². The SMILES string of the molecule is CSc1ccc(S(=O)(=O)N(C)CC(=O)N[C@@H](C)c2ccc(F)cc2)cc1. The van der Waals surface area contributed by atoms with Crippen LogP contribution in [0.4, 0.5) is 4.39 Å². The van der Waals surface area contributed by atoms with Crippen molar-refractivity contribution >= 4 is 27.7 Å². The number of hydrogen-bond acceptors (Lipinski definition) is 4. The van der Waals surface area contributed by atoms with Gasteiger partial charge in [0.25, 0.3) is 0 Å². The normalized spacial score (nSPS) is 12.8. The Hall–Kier alpha value is -1.90. The number of amides is 1. The van der Waals surface area contributed by atoms with Crippen LogP contribution in [-0.2, 0) is 14.8 Å². The number of hydrogen-bond donors (Lipinski definition) is 1. The number of halogens is 1. The minimum absolute atomic E-state index is 0.136. The molecule has 140 valence electrons. The lowest BCUT2D eigenvalue weighted by Gasteiger charge is -2.19. The largest absolute Gasteiger partial charge is 0.348 e. The molecule has 0 spiro atoms. The molecule has 2 aromatic rings. The Morgan fingerprint density at radius 1 is 1.15 bits per heavy atom. The van der Waals surface area contributed by atoms with Gasteiger partial charge in [0.1, 0.15) is 5.82 Å². The van der Waals surface area contributed by atoms with Gasteiger partial charge in [0.15, 0.2) is 0 Å². The van der Waals surface area contributed by atoms with E-state index < -0.39 is 15.9 Å². The van der Waals surface area contributed by atoms with E-state index in [1.807, 2.05) is 6.26 Å². The van der Waals surface area contributed by atoms with Gasteiger partial charge in [0, 0.05) is 11.9 Å². The molecule has 8 heteroatoms. The molecule has 0 aliphatic heterocycles. The first-order chi connectivity index (χ1) is 12.2. The number of sulfonamides is 1. The monoisotopic (exact) mass is 396 g/mol. The van der Waals surface area contributed by atoms with E-state index in [-0.39, 0.29) is 23.3 Å². The Morgan fingerprint density at radius 3 is 2.27 bits per heavy atom. The van der Waals surface area contributed by atoms with Crippen LogP contribution in [0, 0.1) is 5.82 Å². The molecule has 0 aliphatic carbocycles. The maximum absolute atomic E-state index is 13.0. The van der Waals surface area contributed by atoms with Crippen molar-refractivity contribution in [3.05, 3.63) is 59.9 Å². The van der Waals surface area contributed by atoms with Crippen molar-refractivity contribution in [2.24, 2.45) is 0 Å². The Kier molecular flexibility index (Phi) is 6.80. The Labute approximate surface area is 157 Å². The highest BCUT2D eigenvalue weighted by Gasteiger charge is 2.23. The highest BCUT2D eigenvalue weighted by Crippen LogP contribution is 2.20. The summed E-state index contributed by atoms with van der Waals surface area (Å²) in [5.41, 5.74) is 0.734. The predicted octanol–water partition coefficient (Wildman–Crippen LogP) is 3.05. The van der Waals surface area contributed by atoms with Crippen LogP contribution in [0.5, 0.6) is 0 Å². The van der Waals surface area contributed by atoms with Gasteiger partial charge < -0.3 is 5.32 Å². The van der Waals surface area contributed by atoms with Crippen molar-refractivity contribution in [2.75, 3.05) is 19.8 Å². The van der Waals surface area contributed by atoms with E-state index in [0.29, 0.717) is 0 Å². The zero-order valence-corrected chi connectivity index (χ0v) is 16.4. The number of carbonyl (C=O) groups excluding carboxylic acids is 1. The van der Waals surface area contributed by atoms with Crippen molar-refractivity contribution < 1.29 is 17.6 Å². The Morgan fingerprint density at radius 2 is 1.73 bits per heavy atom. The van der Waals surface area contributed by atoms with Crippen LogP contribution >= 0.6 is 11.8 Å². The average Bonchev–Trinajstić information content (AvgIpc) is 2.62. The van der Waals surface area contributed by atoms with Gasteiger partial charge in [-0.25, -0.2) is 12.8 Å². The van der Waals surface area contributed by atoms with Crippen molar-refractivity contribution in [1.82, 2.24) is 9.62 Å². The number of likely N-dealkylation sites (N-methyl/N-ethyl adjacent to an activating group) is 1. The van der Waals surface area contributed by atoms with Gasteiger partial charge in [-0.3, -0.25) is 4.79 Å². The molecule has 1 amide bonds. The molecule has 1 N–H and O–H groups in total. The smallest absolute Gasteiger partial charge is 0.243 e. The van der Waals surface area contributed by atoms with Gasteiger partial charge in [-0.2, -0.15) is 4.31 Å². The van der Waals surface area contributed by atoms with E-state index in [1.165, 1.54) is 43.1 Å². The lowest BCUT2D eigenvalue weighted by molar-refractivity contribution is -0.121. The minimum Gasteiger partial charge on any atom is -0.348 e. The first kappa shape index (κ1) is 20.4. The Bertz CT molecular complexity index is 853. The quantitative estimate of drug-likeness (QED) is 0.731. The summed E-state index contributed by atoms with van der Waals surface area (Å²) in [7, 11) is -2.39. The number of nitrogens with one attached hydrogen (secondary N) is 1. The molecule has 0 fully saturated rings. The third-order valence-electron chi connectivity index (χ3n) is 3.88. The molecule has 2 rings (SSSR count). The third kappa shape index (κ3) is 5.06. The number of carbonyl (C=O) groups is 1. The standard InChI is InChI=1S/C18H21FN2O3S2/c1-13(14-4-6-15(19)7-5-14)20-18(22)12-21(2)26(23,24)17-10-8-16(25-3)9-11-17/h4-11,13H,12H2,1-3H3,(H,20,22)/t13-/m0/s1. The first-order valence-corrected chi connectivity index (χ1v) is 10.6. The number of benzene rings is 2. The Balaban J connectivity index is 2.01.